The lowest BCUT2D eigenvalue weighted by atomic mass is 9.99. The second kappa shape index (κ2) is 6.21. The summed E-state index contributed by atoms with van der Waals surface area (Å²) in [5, 5.41) is 2.97. The Morgan fingerprint density at radius 1 is 1.62 bits per heavy atom. The van der Waals surface area contributed by atoms with Gasteiger partial charge in [-0.1, -0.05) is 20.3 Å². The molecule has 2 unspecified atom stereocenters. The Labute approximate surface area is 98.6 Å². The highest BCUT2D eigenvalue weighted by atomic mass is 16.2. The third-order valence-corrected chi connectivity index (χ3v) is 3.61. The van der Waals surface area contributed by atoms with Crippen molar-refractivity contribution in [1.29, 1.82) is 0 Å². The summed E-state index contributed by atoms with van der Waals surface area (Å²) in [7, 11) is 2.12. The van der Waals surface area contributed by atoms with Crippen LogP contribution in [0.4, 0.5) is 0 Å². The van der Waals surface area contributed by atoms with Crippen molar-refractivity contribution in [2.45, 2.75) is 32.7 Å². The molecule has 0 radical (unpaired) electrons. The summed E-state index contributed by atoms with van der Waals surface area (Å²) in [6.07, 6.45) is 2.12. The number of nitrogens with two attached hydrogens (primary N) is 1. The van der Waals surface area contributed by atoms with Gasteiger partial charge in [-0.25, -0.2) is 0 Å². The molecular formula is C12H25N3O. The third-order valence-electron chi connectivity index (χ3n) is 3.61. The number of nitrogens with one attached hydrogen (secondary N) is 1. The summed E-state index contributed by atoms with van der Waals surface area (Å²) in [5.41, 5.74) is 5.86. The van der Waals surface area contributed by atoms with Crippen molar-refractivity contribution < 1.29 is 4.79 Å². The van der Waals surface area contributed by atoms with Gasteiger partial charge in [0.2, 0.25) is 5.91 Å². The summed E-state index contributed by atoms with van der Waals surface area (Å²) in [5.74, 6) is 0.855. The number of carbonyl (C=O) groups is 1. The Hall–Kier alpha value is -0.610. The van der Waals surface area contributed by atoms with E-state index in [2.05, 4.69) is 24.2 Å². The maximum Gasteiger partial charge on any atom is 0.237 e. The van der Waals surface area contributed by atoms with E-state index in [4.69, 9.17) is 5.73 Å². The molecule has 1 aliphatic rings. The fraction of sp³-hybridized carbons (Fsp3) is 0.917. The zero-order valence-corrected chi connectivity index (χ0v) is 10.7. The van der Waals surface area contributed by atoms with Crippen molar-refractivity contribution in [2.75, 3.05) is 26.7 Å². The van der Waals surface area contributed by atoms with Crippen molar-refractivity contribution in [3.8, 4) is 0 Å². The van der Waals surface area contributed by atoms with Crippen LogP contribution in [-0.4, -0.2) is 43.5 Å². The smallest absolute Gasteiger partial charge is 0.237 e. The molecule has 0 bridgehead atoms. The summed E-state index contributed by atoms with van der Waals surface area (Å²) in [6.45, 7) is 7.07. The van der Waals surface area contributed by atoms with Crippen LogP contribution in [0, 0.1) is 11.8 Å². The second-order valence-corrected chi connectivity index (χ2v) is 5.07. The van der Waals surface area contributed by atoms with Crippen LogP contribution in [0.3, 0.4) is 0 Å². The SMILES string of the molecule is CCC(C)[C@H](N)C(=O)NCC1CCN(C)C1. The molecular weight excluding hydrogens is 202 g/mol. The highest BCUT2D eigenvalue weighted by molar-refractivity contribution is 5.81. The zero-order chi connectivity index (χ0) is 12.1. The van der Waals surface area contributed by atoms with Crippen molar-refractivity contribution in [2.24, 2.45) is 17.6 Å². The number of hydrogen-bond donors (Lipinski definition) is 2. The van der Waals surface area contributed by atoms with Gasteiger partial charge in [0.05, 0.1) is 6.04 Å². The molecule has 1 fully saturated rings. The molecule has 3 N–H and O–H groups in total. The number of hydrogen-bond acceptors (Lipinski definition) is 3. The number of amides is 1. The van der Waals surface area contributed by atoms with Crippen molar-refractivity contribution in [3.63, 3.8) is 0 Å². The first-order valence-electron chi connectivity index (χ1n) is 6.26. The molecule has 4 heteroatoms. The average Bonchev–Trinajstić information content (AvgIpc) is 2.69. The predicted octanol–water partition coefficient (Wildman–Crippen LogP) is 0.428. The van der Waals surface area contributed by atoms with Gasteiger partial charge in [-0.2, -0.15) is 0 Å². The van der Waals surface area contributed by atoms with Crippen LogP contribution in [0.15, 0.2) is 0 Å². The van der Waals surface area contributed by atoms with Crippen molar-refractivity contribution in [3.05, 3.63) is 0 Å². The zero-order valence-electron chi connectivity index (χ0n) is 10.7. The van der Waals surface area contributed by atoms with E-state index in [1.807, 2.05) is 6.92 Å². The average molecular weight is 227 g/mol. The summed E-state index contributed by atoms with van der Waals surface area (Å²) in [6, 6.07) is -0.357. The van der Waals surface area contributed by atoms with E-state index in [-0.39, 0.29) is 17.9 Å². The minimum absolute atomic E-state index is 0.00361. The maximum absolute atomic E-state index is 11.7. The monoisotopic (exact) mass is 227 g/mol. The molecule has 4 nitrogen and oxygen atoms in total. The fourth-order valence-electron chi connectivity index (χ4n) is 2.07. The van der Waals surface area contributed by atoms with Gasteiger partial charge in [-0.05, 0) is 31.8 Å². The van der Waals surface area contributed by atoms with Gasteiger partial charge in [-0.15, -0.1) is 0 Å². The van der Waals surface area contributed by atoms with Crippen molar-refractivity contribution in [1.82, 2.24) is 10.2 Å². The summed E-state index contributed by atoms with van der Waals surface area (Å²) < 4.78 is 0. The molecule has 1 heterocycles. The normalized spacial score (nSPS) is 25.4. The minimum Gasteiger partial charge on any atom is -0.354 e. The van der Waals surface area contributed by atoms with Gasteiger partial charge in [0, 0.05) is 13.1 Å². The van der Waals surface area contributed by atoms with Crippen LogP contribution in [0.2, 0.25) is 0 Å². The first-order valence-corrected chi connectivity index (χ1v) is 6.26. The molecule has 3 atom stereocenters. The maximum atomic E-state index is 11.7. The Morgan fingerprint density at radius 3 is 2.81 bits per heavy atom. The third kappa shape index (κ3) is 3.76. The lowest BCUT2D eigenvalue weighted by molar-refractivity contribution is -0.123. The largest absolute Gasteiger partial charge is 0.354 e. The number of carbonyl (C=O) groups excluding carboxylic acids is 1. The molecule has 0 aromatic heterocycles. The quantitative estimate of drug-likeness (QED) is 0.716. The predicted molar refractivity (Wildman–Crippen MR) is 66.0 cm³/mol. The van der Waals surface area contributed by atoms with Gasteiger partial charge < -0.3 is 16.0 Å². The number of nitrogens with zero attached hydrogens (tertiary/aromatic N) is 1. The molecule has 1 aliphatic heterocycles. The molecule has 16 heavy (non-hydrogen) atoms. The Balaban J connectivity index is 2.24. The van der Waals surface area contributed by atoms with Crippen molar-refractivity contribution >= 4 is 5.91 Å². The van der Waals surface area contributed by atoms with E-state index in [1.165, 1.54) is 6.42 Å². The number of likely N-dealkylation sites (tertiary alicyclic amines) is 1. The van der Waals surface area contributed by atoms with Gasteiger partial charge in [0.15, 0.2) is 0 Å². The van der Waals surface area contributed by atoms with Gasteiger partial charge in [-0.3, -0.25) is 4.79 Å². The van der Waals surface area contributed by atoms with E-state index < -0.39 is 0 Å². The Bertz CT molecular complexity index is 232. The van der Waals surface area contributed by atoms with Gasteiger partial charge in [0.1, 0.15) is 0 Å². The van der Waals surface area contributed by atoms with Crippen LogP contribution in [0.1, 0.15) is 26.7 Å². The molecule has 0 aromatic rings. The highest BCUT2D eigenvalue weighted by Gasteiger charge is 2.23. The first-order chi connectivity index (χ1) is 7.54. The highest BCUT2D eigenvalue weighted by Crippen LogP contribution is 2.13. The standard InChI is InChI=1S/C12H25N3O/c1-4-9(2)11(13)12(16)14-7-10-5-6-15(3)8-10/h9-11H,4-8,13H2,1-3H3,(H,14,16)/t9?,10?,11-/m0/s1. The molecule has 0 spiro atoms. The lowest BCUT2D eigenvalue weighted by Crippen LogP contribution is -2.46. The molecule has 0 saturated carbocycles. The number of rotatable bonds is 5. The molecule has 0 aromatic carbocycles. The van der Waals surface area contributed by atoms with Crippen LogP contribution in [-0.2, 0) is 4.79 Å². The van der Waals surface area contributed by atoms with Crippen LogP contribution in [0.25, 0.3) is 0 Å². The van der Waals surface area contributed by atoms with E-state index in [0.29, 0.717) is 5.92 Å². The molecule has 1 amide bonds. The molecule has 1 rings (SSSR count). The van der Waals surface area contributed by atoms with Gasteiger partial charge >= 0.3 is 0 Å². The van der Waals surface area contributed by atoms with Gasteiger partial charge in [0.25, 0.3) is 0 Å². The second-order valence-electron chi connectivity index (χ2n) is 5.07. The Kier molecular flexibility index (Phi) is 5.22. The van der Waals surface area contributed by atoms with E-state index in [0.717, 1.165) is 26.1 Å². The minimum atomic E-state index is -0.357. The topological polar surface area (TPSA) is 58.4 Å². The van der Waals surface area contributed by atoms with Crippen LogP contribution < -0.4 is 11.1 Å². The molecule has 1 saturated heterocycles. The lowest BCUT2D eigenvalue weighted by Gasteiger charge is -2.19. The fourth-order valence-corrected chi connectivity index (χ4v) is 2.07. The summed E-state index contributed by atoms with van der Waals surface area (Å²) in [4.78, 5) is 14.0. The first kappa shape index (κ1) is 13.5. The molecule has 94 valence electrons. The van der Waals surface area contributed by atoms with E-state index >= 15 is 0 Å². The summed E-state index contributed by atoms with van der Waals surface area (Å²) >= 11 is 0. The van der Waals surface area contributed by atoms with E-state index in [9.17, 15) is 4.79 Å². The molecule has 0 aliphatic carbocycles. The van der Waals surface area contributed by atoms with E-state index in [1.54, 1.807) is 0 Å². The van der Waals surface area contributed by atoms with Crippen LogP contribution >= 0.6 is 0 Å². The van der Waals surface area contributed by atoms with Crippen LogP contribution in [0.5, 0.6) is 0 Å². The Morgan fingerprint density at radius 2 is 2.31 bits per heavy atom.